The van der Waals surface area contributed by atoms with E-state index < -0.39 is 0 Å². The van der Waals surface area contributed by atoms with Gasteiger partial charge in [0.05, 0.1) is 6.61 Å². The van der Waals surface area contributed by atoms with Crippen molar-refractivity contribution >= 4 is 11.8 Å². The maximum absolute atomic E-state index is 9.33. The lowest BCUT2D eigenvalue weighted by molar-refractivity contribution is 0.274. The van der Waals surface area contributed by atoms with Crippen LogP contribution in [0, 0.1) is 0 Å². The fourth-order valence-electron chi connectivity index (χ4n) is 2.96. The Hall–Kier alpha value is -0.510. The number of aryl methyl sites for hydroxylation is 1. The average molecular weight is 279 g/mol. The average Bonchev–Trinajstić information content (AvgIpc) is 2.46. The van der Waals surface area contributed by atoms with Gasteiger partial charge in [0.1, 0.15) is 0 Å². The molecule has 0 aliphatic heterocycles. The van der Waals surface area contributed by atoms with Crippen molar-refractivity contribution in [3.63, 3.8) is 0 Å². The summed E-state index contributed by atoms with van der Waals surface area (Å²) in [6.45, 7) is 3.44. The first-order valence-corrected chi connectivity index (χ1v) is 8.50. The molecule has 0 saturated carbocycles. The van der Waals surface area contributed by atoms with E-state index in [1.54, 1.807) is 11.8 Å². The van der Waals surface area contributed by atoms with Gasteiger partial charge in [-0.2, -0.15) is 11.8 Å². The number of benzene rings is 1. The zero-order chi connectivity index (χ0) is 13.7. The summed E-state index contributed by atoms with van der Waals surface area (Å²) in [7, 11) is 0. The summed E-state index contributed by atoms with van der Waals surface area (Å²) in [5, 5.41) is 13.2. The Kier molecular flexibility index (Phi) is 5.74. The molecule has 1 aromatic rings. The summed E-state index contributed by atoms with van der Waals surface area (Å²) >= 11 is 1.74. The highest BCUT2D eigenvalue weighted by atomic mass is 32.2. The van der Waals surface area contributed by atoms with Gasteiger partial charge in [-0.1, -0.05) is 24.3 Å². The second kappa shape index (κ2) is 7.32. The number of rotatable bonds is 6. The van der Waals surface area contributed by atoms with E-state index in [1.807, 2.05) is 0 Å². The third kappa shape index (κ3) is 3.74. The van der Waals surface area contributed by atoms with Crippen molar-refractivity contribution < 1.29 is 5.11 Å². The number of nitrogens with one attached hydrogen (secondary N) is 1. The highest BCUT2D eigenvalue weighted by molar-refractivity contribution is 7.99. The zero-order valence-electron chi connectivity index (χ0n) is 11.9. The summed E-state index contributed by atoms with van der Waals surface area (Å²) < 4.78 is 0. The van der Waals surface area contributed by atoms with Crippen LogP contribution in [0.4, 0.5) is 0 Å². The predicted molar refractivity (Wildman–Crippen MR) is 84.0 cm³/mol. The maximum Gasteiger partial charge on any atom is 0.0564 e. The molecule has 1 aliphatic rings. The molecule has 0 radical (unpaired) electrons. The number of aliphatic hydroxyl groups excluding tert-OH is 1. The molecule has 106 valence electrons. The first-order valence-electron chi connectivity index (χ1n) is 7.21. The molecule has 0 bridgehead atoms. The van der Waals surface area contributed by atoms with E-state index in [9.17, 15) is 5.11 Å². The van der Waals surface area contributed by atoms with E-state index in [0.29, 0.717) is 17.2 Å². The molecule has 0 spiro atoms. The van der Waals surface area contributed by atoms with Crippen LogP contribution < -0.4 is 5.32 Å². The molecule has 0 saturated heterocycles. The van der Waals surface area contributed by atoms with E-state index in [-0.39, 0.29) is 6.61 Å². The van der Waals surface area contributed by atoms with E-state index in [2.05, 4.69) is 42.8 Å². The largest absolute Gasteiger partial charge is 0.395 e. The maximum atomic E-state index is 9.33. The van der Waals surface area contributed by atoms with Gasteiger partial charge in [0.25, 0.3) is 0 Å². The van der Waals surface area contributed by atoms with Gasteiger partial charge >= 0.3 is 0 Å². The topological polar surface area (TPSA) is 32.3 Å². The summed E-state index contributed by atoms with van der Waals surface area (Å²) in [4.78, 5) is 0. The van der Waals surface area contributed by atoms with Gasteiger partial charge in [0.15, 0.2) is 0 Å². The van der Waals surface area contributed by atoms with Crippen LogP contribution in [0.2, 0.25) is 0 Å². The third-order valence-electron chi connectivity index (χ3n) is 4.22. The standard InChI is InChI=1S/C16H25NOS/c1-12(16(11-18)19-2)17-10-14-8-5-7-13-6-3-4-9-15(13)14/h3-4,6,9,12,14,16-18H,5,7-8,10-11H2,1-2H3. The van der Waals surface area contributed by atoms with E-state index in [0.717, 1.165) is 6.54 Å². The monoisotopic (exact) mass is 279 g/mol. The molecule has 1 aliphatic carbocycles. The molecule has 3 heteroatoms. The van der Waals surface area contributed by atoms with Crippen LogP contribution in [0.15, 0.2) is 24.3 Å². The molecule has 2 N–H and O–H groups in total. The lowest BCUT2D eigenvalue weighted by Crippen LogP contribution is -2.40. The van der Waals surface area contributed by atoms with Crippen LogP contribution in [0.1, 0.15) is 36.8 Å². The summed E-state index contributed by atoms with van der Waals surface area (Å²) in [6, 6.07) is 9.20. The Morgan fingerprint density at radius 3 is 2.95 bits per heavy atom. The Morgan fingerprint density at radius 2 is 2.21 bits per heavy atom. The van der Waals surface area contributed by atoms with Crippen LogP contribution >= 0.6 is 11.8 Å². The molecule has 3 unspecified atom stereocenters. The molecule has 19 heavy (non-hydrogen) atoms. The first kappa shape index (κ1) is 14.9. The molecular weight excluding hydrogens is 254 g/mol. The Labute approximate surface area is 121 Å². The van der Waals surface area contributed by atoms with E-state index in [4.69, 9.17) is 0 Å². The molecule has 0 amide bonds. The van der Waals surface area contributed by atoms with Crippen LogP contribution in [0.3, 0.4) is 0 Å². The molecule has 2 nitrogen and oxygen atoms in total. The van der Waals surface area contributed by atoms with Crippen molar-refractivity contribution in [3.8, 4) is 0 Å². The van der Waals surface area contributed by atoms with Crippen LogP contribution in [0.5, 0.6) is 0 Å². The van der Waals surface area contributed by atoms with Gasteiger partial charge in [-0.05, 0) is 49.5 Å². The van der Waals surface area contributed by atoms with Crippen molar-refractivity contribution in [2.45, 2.75) is 43.4 Å². The highest BCUT2D eigenvalue weighted by Crippen LogP contribution is 2.31. The smallest absolute Gasteiger partial charge is 0.0564 e. The lowest BCUT2D eigenvalue weighted by Gasteiger charge is -2.29. The fourth-order valence-corrected chi connectivity index (χ4v) is 3.62. The minimum Gasteiger partial charge on any atom is -0.395 e. The number of hydrogen-bond acceptors (Lipinski definition) is 3. The second-order valence-corrected chi connectivity index (χ2v) is 6.52. The molecule has 0 aromatic heterocycles. The molecular formula is C16H25NOS. The molecule has 3 atom stereocenters. The number of fused-ring (bicyclic) bond motifs is 1. The molecule has 2 rings (SSSR count). The van der Waals surface area contributed by atoms with Crippen molar-refractivity contribution in [3.05, 3.63) is 35.4 Å². The van der Waals surface area contributed by atoms with Gasteiger partial charge in [0.2, 0.25) is 0 Å². The van der Waals surface area contributed by atoms with Crippen molar-refractivity contribution in [2.75, 3.05) is 19.4 Å². The highest BCUT2D eigenvalue weighted by Gasteiger charge is 2.21. The minimum absolute atomic E-state index is 0.247. The van der Waals surface area contributed by atoms with Crippen LogP contribution in [0.25, 0.3) is 0 Å². The van der Waals surface area contributed by atoms with Gasteiger partial charge in [-0.15, -0.1) is 0 Å². The Balaban J connectivity index is 1.94. The van der Waals surface area contributed by atoms with E-state index in [1.165, 1.54) is 30.4 Å². The summed E-state index contributed by atoms with van der Waals surface area (Å²) in [6.07, 6.45) is 5.87. The van der Waals surface area contributed by atoms with Gasteiger partial charge in [0, 0.05) is 17.8 Å². The first-order chi connectivity index (χ1) is 9.26. The lowest BCUT2D eigenvalue weighted by atomic mass is 9.83. The number of aliphatic hydroxyl groups is 1. The Morgan fingerprint density at radius 1 is 1.42 bits per heavy atom. The normalized spacial score (nSPS) is 21.7. The second-order valence-electron chi connectivity index (χ2n) is 5.44. The molecule has 1 aromatic carbocycles. The number of hydrogen-bond donors (Lipinski definition) is 2. The SMILES string of the molecule is CSC(CO)C(C)NCC1CCCc2ccccc21. The Bertz CT molecular complexity index is 392. The number of thioether (sulfide) groups is 1. The van der Waals surface area contributed by atoms with Gasteiger partial charge < -0.3 is 10.4 Å². The van der Waals surface area contributed by atoms with Gasteiger partial charge in [-0.3, -0.25) is 0 Å². The van der Waals surface area contributed by atoms with E-state index >= 15 is 0 Å². The predicted octanol–water partition coefficient (Wildman–Crippen LogP) is 2.81. The molecule has 0 fully saturated rings. The summed E-state index contributed by atoms with van der Waals surface area (Å²) in [5.74, 6) is 0.633. The van der Waals surface area contributed by atoms with Gasteiger partial charge in [-0.25, -0.2) is 0 Å². The van der Waals surface area contributed by atoms with Crippen molar-refractivity contribution in [1.82, 2.24) is 5.32 Å². The minimum atomic E-state index is 0.247. The quantitative estimate of drug-likeness (QED) is 0.840. The molecule has 0 heterocycles. The summed E-state index contributed by atoms with van der Waals surface area (Å²) in [5.41, 5.74) is 3.05. The third-order valence-corrected chi connectivity index (χ3v) is 5.38. The van der Waals surface area contributed by atoms with Crippen LogP contribution in [-0.4, -0.2) is 35.8 Å². The fraction of sp³-hybridized carbons (Fsp3) is 0.625. The zero-order valence-corrected chi connectivity index (χ0v) is 12.7. The van der Waals surface area contributed by atoms with Crippen LogP contribution in [-0.2, 0) is 6.42 Å². The van der Waals surface area contributed by atoms with Crippen molar-refractivity contribution in [1.29, 1.82) is 0 Å². The van der Waals surface area contributed by atoms with Crippen molar-refractivity contribution in [2.24, 2.45) is 0 Å².